The van der Waals surface area contributed by atoms with Crippen LogP contribution in [0, 0.1) is 0 Å². The van der Waals surface area contributed by atoms with E-state index in [1.807, 2.05) is 59.7 Å². The molecule has 5 nitrogen and oxygen atoms in total. The summed E-state index contributed by atoms with van der Waals surface area (Å²) in [5.74, 6) is 0. The van der Waals surface area contributed by atoms with Gasteiger partial charge in [-0.3, -0.25) is 14.6 Å². The lowest BCUT2D eigenvalue weighted by molar-refractivity contribution is 0.627. The summed E-state index contributed by atoms with van der Waals surface area (Å²) in [7, 11) is 0. The predicted molar refractivity (Wildman–Crippen MR) is 95.2 cm³/mol. The lowest BCUT2D eigenvalue weighted by Crippen LogP contribution is -2.10. The van der Waals surface area contributed by atoms with Crippen molar-refractivity contribution in [3.63, 3.8) is 0 Å². The average Bonchev–Trinajstić information content (AvgIpc) is 3.10. The van der Waals surface area contributed by atoms with Crippen LogP contribution in [0.3, 0.4) is 0 Å². The Morgan fingerprint density at radius 3 is 2.75 bits per heavy atom. The minimum absolute atomic E-state index is 0.575. The van der Waals surface area contributed by atoms with Gasteiger partial charge in [0.15, 0.2) is 0 Å². The number of benzene rings is 1. The van der Waals surface area contributed by atoms with Gasteiger partial charge in [0.25, 0.3) is 0 Å². The Balaban J connectivity index is 1.72. The summed E-state index contributed by atoms with van der Waals surface area (Å²) in [4.78, 5) is 9.01. The summed E-state index contributed by atoms with van der Waals surface area (Å²) in [5.41, 5.74) is 10.4. The van der Waals surface area contributed by atoms with Gasteiger partial charge < -0.3 is 5.73 Å². The maximum absolute atomic E-state index is 5.58. The Hall–Kier alpha value is -3.05. The van der Waals surface area contributed by atoms with Crippen LogP contribution in [-0.4, -0.2) is 26.3 Å². The SMILES string of the molecule is NCCn1ccc(-c2ccnc(-c3cnc4ccccc4c3)c2)n1. The molecule has 0 fully saturated rings. The van der Waals surface area contributed by atoms with E-state index in [4.69, 9.17) is 5.73 Å². The molecule has 24 heavy (non-hydrogen) atoms. The van der Waals surface area contributed by atoms with Crippen LogP contribution < -0.4 is 5.73 Å². The van der Waals surface area contributed by atoms with E-state index in [1.165, 1.54) is 0 Å². The molecule has 0 aliphatic rings. The molecule has 4 rings (SSSR count). The highest BCUT2D eigenvalue weighted by atomic mass is 15.3. The van der Waals surface area contributed by atoms with Crippen molar-refractivity contribution in [1.82, 2.24) is 19.7 Å². The molecule has 0 aliphatic heterocycles. The van der Waals surface area contributed by atoms with E-state index in [-0.39, 0.29) is 0 Å². The van der Waals surface area contributed by atoms with E-state index in [9.17, 15) is 0 Å². The highest BCUT2D eigenvalue weighted by Crippen LogP contribution is 2.25. The topological polar surface area (TPSA) is 69.6 Å². The zero-order valence-electron chi connectivity index (χ0n) is 13.1. The van der Waals surface area contributed by atoms with Crippen LogP contribution in [0.25, 0.3) is 33.4 Å². The highest BCUT2D eigenvalue weighted by Gasteiger charge is 2.07. The van der Waals surface area contributed by atoms with Crippen molar-refractivity contribution < 1.29 is 0 Å². The molecule has 3 aromatic heterocycles. The van der Waals surface area contributed by atoms with Crippen LogP contribution in [0.1, 0.15) is 0 Å². The molecule has 0 atom stereocenters. The van der Waals surface area contributed by atoms with Crippen LogP contribution in [0.4, 0.5) is 0 Å². The third-order valence-electron chi connectivity index (χ3n) is 3.94. The van der Waals surface area contributed by atoms with Crippen molar-refractivity contribution in [3.05, 3.63) is 67.1 Å². The first-order valence-electron chi connectivity index (χ1n) is 7.88. The quantitative estimate of drug-likeness (QED) is 0.628. The molecule has 0 saturated heterocycles. The molecule has 2 N–H and O–H groups in total. The second kappa shape index (κ2) is 6.22. The zero-order chi connectivity index (χ0) is 16.4. The Bertz CT molecular complexity index is 990. The number of para-hydroxylation sites is 1. The van der Waals surface area contributed by atoms with E-state index in [0.29, 0.717) is 13.1 Å². The molecule has 3 heterocycles. The van der Waals surface area contributed by atoms with Gasteiger partial charge in [-0.1, -0.05) is 18.2 Å². The molecule has 4 aromatic rings. The van der Waals surface area contributed by atoms with Crippen LogP contribution in [-0.2, 0) is 6.54 Å². The smallest absolute Gasteiger partial charge is 0.0924 e. The van der Waals surface area contributed by atoms with E-state index in [1.54, 1.807) is 0 Å². The van der Waals surface area contributed by atoms with Gasteiger partial charge in [0, 0.05) is 41.6 Å². The minimum Gasteiger partial charge on any atom is -0.329 e. The van der Waals surface area contributed by atoms with Gasteiger partial charge >= 0.3 is 0 Å². The normalized spacial score (nSPS) is 11.0. The Morgan fingerprint density at radius 2 is 1.83 bits per heavy atom. The summed E-state index contributed by atoms with van der Waals surface area (Å²) in [5, 5.41) is 5.65. The molecule has 0 bridgehead atoms. The Labute approximate surface area is 139 Å². The minimum atomic E-state index is 0.575. The number of aromatic nitrogens is 4. The molecule has 1 aromatic carbocycles. The lowest BCUT2D eigenvalue weighted by atomic mass is 10.1. The molecule has 118 valence electrons. The number of nitrogens with zero attached hydrogens (tertiary/aromatic N) is 4. The van der Waals surface area contributed by atoms with Crippen molar-refractivity contribution >= 4 is 10.9 Å². The molecule has 0 spiro atoms. The van der Waals surface area contributed by atoms with Gasteiger partial charge in [-0.2, -0.15) is 5.10 Å². The van der Waals surface area contributed by atoms with Gasteiger partial charge in [-0.05, 0) is 30.3 Å². The molecule has 0 saturated carbocycles. The number of nitrogens with two attached hydrogens (primary N) is 1. The number of hydrogen-bond acceptors (Lipinski definition) is 4. The molecule has 5 heteroatoms. The van der Waals surface area contributed by atoms with Crippen molar-refractivity contribution in [3.8, 4) is 22.5 Å². The molecule has 0 aliphatic carbocycles. The van der Waals surface area contributed by atoms with Crippen molar-refractivity contribution in [2.45, 2.75) is 6.54 Å². The third-order valence-corrected chi connectivity index (χ3v) is 3.94. The monoisotopic (exact) mass is 315 g/mol. The van der Waals surface area contributed by atoms with Crippen molar-refractivity contribution in [2.24, 2.45) is 5.73 Å². The fourth-order valence-electron chi connectivity index (χ4n) is 2.73. The van der Waals surface area contributed by atoms with Gasteiger partial charge in [0.2, 0.25) is 0 Å². The maximum Gasteiger partial charge on any atom is 0.0924 e. The molecular formula is C19H17N5. The van der Waals surface area contributed by atoms with Crippen LogP contribution in [0.2, 0.25) is 0 Å². The van der Waals surface area contributed by atoms with Crippen LogP contribution in [0.5, 0.6) is 0 Å². The summed E-state index contributed by atoms with van der Waals surface area (Å²) in [6, 6.07) is 16.2. The number of pyridine rings is 2. The fourth-order valence-corrected chi connectivity index (χ4v) is 2.73. The van der Waals surface area contributed by atoms with E-state index in [0.717, 1.165) is 33.4 Å². The number of fused-ring (bicyclic) bond motifs is 1. The standard InChI is InChI=1S/C19H17N5/c20-7-10-24-9-6-18(23-24)15-5-8-21-19(12-15)16-11-14-3-1-2-4-17(14)22-13-16/h1-6,8-9,11-13H,7,10,20H2. The maximum atomic E-state index is 5.58. The predicted octanol–water partition coefficient (Wildman–Crippen LogP) is 3.12. The van der Waals surface area contributed by atoms with Gasteiger partial charge in [-0.15, -0.1) is 0 Å². The third kappa shape index (κ3) is 2.77. The summed E-state index contributed by atoms with van der Waals surface area (Å²) >= 11 is 0. The molecule has 0 amide bonds. The number of rotatable bonds is 4. The van der Waals surface area contributed by atoms with E-state index < -0.39 is 0 Å². The second-order valence-corrected chi connectivity index (χ2v) is 5.60. The average molecular weight is 315 g/mol. The van der Waals surface area contributed by atoms with Crippen molar-refractivity contribution in [2.75, 3.05) is 6.54 Å². The van der Waals surface area contributed by atoms with Crippen molar-refractivity contribution in [1.29, 1.82) is 0 Å². The first-order valence-corrected chi connectivity index (χ1v) is 7.88. The second-order valence-electron chi connectivity index (χ2n) is 5.60. The zero-order valence-corrected chi connectivity index (χ0v) is 13.1. The molecule has 0 unspecified atom stereocenters. The van der Waals surface area contributed by atoms with E-state index >= 15 is 0 Å². The Morgan fingerprint density at radius 1 is 0.917 bits per heavy atom. The first-order chi connectivity index (χ1) is 11.8. The summed E-state index contributed by atoms with van der Waals surface area (Å²) in [6.07, 6.45) is 5.61. The van der Waals surface area contributed by atoms with Crippen LogP contribution in [0.15, 0.2) is 67.1 Å². The van der Waals surface area contributed by atoms with Gasteiger partial charge in [-0.25, -0.2) is 0 Å². The summed E-state index contributed by atoms with van der Waals surface area (Å²) < 4.78 is 1.85. The lowest BCUT2D eigenvalue weighted by Gasteiger charge is -2.05. The highest BCUT2D eigenvalue weighted by molar-refractivity contribution is 5.83. The number of hydrogen-bond donors (Lipinski definition) is 1. The largest absolute Gasteiger partial charge is 0.329 e. The van der Waals surface area contributed by atoms with Gasteiger partial charge in [0.05, 0.1) is 23.4 Å². The Kier molecular flexibility index (Phi) is 3.76. The molecular weight excluding hydrogens is 298 g/mol. The van der Waals surface area contributed by atoms with Crippen LogP contribution >= 0.6 is 0 Å². The van der Waals surface area contributed by atoms with E-state index in [2.05, 4.69) is 27.2 Å². The first kappa shape index (κ1) is 14.5. The molecule has 0 radical (unpaired) electrons. The van der Waals surface area contributed by atoms with Gasteiger partial charge in [0.1, 0.15) is 0 Å². The fraction of sp³-hybridized carbons (Fsp3) is 0.105. The summed E-state index contributed by atoms with van der Waals surface area (Å²) in [6.45, 7) is 1.29.